The Bertz CT molecular complexity index is 512. The summed E-state index contributed by atoms with van der Waals surface area (Å²) in [6, 6.07) is -2.97. The molecule has 0 aromatic heterocycles. The molecule has 0 aliphatic rings. The molecule has 0 aromatic carbocycles. The predicted molar refractivity (Wildman–Crippen MR) is 100 cm³/mol. The number of aliphatic hydroxyl groups is 1. The summed E-state index contributed by atoms with van der Waals surface area (Å²) in [4.78, 5) is 47.6. The molecule has 0 fully saturated rings. The Kier molecular flexibility index (Phi) is 12.0. The summed E-state index contributed by atoms with van der Waals surface area (Å²) in [6.07, 6.45) is 1.89. The molecule has 3 atom stereocenters. The van der Waals surface area contributed by atoms with Gasteiger partial charge in [-0.15, -0.1) is 0 Å². The second-order valence-electron chi connectivity index (χ2n) is 6.87. The molecular formula is C17H33N5O5. The van der Waals surface area contributed by atoms with Crippen molar-refractivity contribution in [1.82, 2.24) is 16.0 Å². The molecule has 0 saturated carbocycles. The lowest BCUT2D eigenvalue weighted by molar-refractivity contribution is -0.133. The van der Waals surface area contributed by atoms with E-state index >= 15 is 0 Å². The Morgan fingerprint density at radius 1 is 0.926 bits per heavy atom. The number of carbonyl (C=O) groups excluding carboxylic acids is 4. The van der Waals surface area contributed by atoms with Gasteiger partial charge in [0.05, 0.1) is 6.61 Å². The van der Waals surface area contributed by atoms with E-state index in [1.807, 2.05) is 13.8 Å². The summed E-state index contributed by atoms with van der Waals surface area (Å²) in [5.74, 6) is -2.26. The first-order valence-electron chi connectivity index (χ1n) is 9.10. The molecule has 0 aliphatic heterocycles. The Balaban J connectivity index is 5.14. The van der Waals surface area contributed by atoms with Crippen LogP contribution in [0.3, 0.4) is 0 Å². The SMILES string of the molecule is CC(=O)N[C@@H](CO)C(=O)N[C@@H](CCCCN)C(=O)N[C@H](CC(C)C)C(N)=O. The van der Waals surface area contributed by atoms with E-state index in [0.29, 0.717) is 32.2 Å². The van der Waals surface area contributed by atoms with Crippen molar-refractivity contribution in [3.8, 4) is 0 Å². The number of primary amides is 1. The summed E-state index contributed by atoms with van der Waals surface area (Å²) >= 11 is 0. The summed E-state index contributed by atoms with van der Waals surface area (Å²) in [5, 5.41) is 16.7. The molecule has 27 heavy (non-hydrogen) atoms. The molecule has 0 aliphatic carbocycles. The van der Waals surface area contributed by atoms with Crippen molar-refractivity contribution >= 4 is 23.6 Å². The molecule has 0 radical (unpaired) electrons. The van der Waals surface area contributed by atoms with E-state index in [9.17, 15) is 24.3 Å². The van der Waals surface area contributed by atoms with E-state index < -0.39 is 48.4 Å². The van der Waals surface area contributed by atoms with Crippen molar-refractivity contribution in [2.24, 2.45) is 17.4 Å². The van der Waals surface area contributed by atoms with Gasteiger partial charge >= 0.3 is 0 Å². The maximum atomic E-state index is 12.6. The molecule has 0 heterocycles. The van der Waals surface area contributed by atoms with Gasteiger partial charge in [-0.05, 0) is 38.1 Å². The second-order valence-corrected chi connectivity index (χ2v) is 6.87. The van der Waals surface area contributed by atoms with E-state index in [1.54, 1.807) is 0 Å². The smallest absolute Gasteiger partial charge is 0.245 e. The van der Waals surface area contributed by atoms with Gasteiger partial charge in [0.25, 0.3) is 0 Å². The van der Waals surface area contributed by atoms with Crippen molar-refractivity contribution in [2.75, 3.05) is 13.2 Å². The van der Waals surface area contributed by atoms with Crippen molar-refractivity contribution in [3.05, 3.63) is 0 Å². The average Bonchev–Trinajstić information content (AvgIpc) is 2.57. The number of unbranched alkanes of at least 4 members (excludes halogenated alkanes) is 1. The maximum Gasteiger partial charge on any atom is 0.245 e. The molecule has 0 saturated heterocycles. The van der Waals surface area contributed by atoms with Gasteiger partial charge in [0.2, 0.25) is 23.6 Å². The van der Waals surface area contributed by atoms with Gasteiger partial charge in [-0.3, -0.25) is 19.2 Å². The first-order chi connectivity index (χ1) is 12.6. The minimum absolute atomic E-state index is 0.131. The Morgan fingerprint density at radius 3 is 1.93 bits per heavy atom. The lowest BCUT2D eigenvalue weighted by Crippen LogP contribution is -2.57. The zero-order valence-corrected chi connectivity index (χ0v) is 16.3. The lowest BCUT2D eigenvalue weighted by atomic mass is 10.0. The van der Waals surface area contributed by atoms with Crippen LogP contribution in [0.4, 0.5) is 0 Å². The van der Waals surface area contributed by atoms with Crippen LogP contribution in [0.1, 0.15) is 46.5 Å². The highest BCUT2D eigenvalue weighted by Gasteiger charge is 2.28. The fourth-order valence-corrected chi connectivity index (χ4v) is 2.46. The molecule has 8 N–H and O–H groups in total. The van der Waals surface area contributed by atoms with Crippen LogP contribution in [0.15, 0.2) is 0 Å². The van der Waals surface area contributed by atoms with Gasteiger partial charge in [-0.25, -0.2) is 0 Å². The fourth-order valence-electron chi connectivity index (χ4n) is 2.46. The third-order valence-corrected chi connectivity index (χ3v) is 3.82. The van der Waals surface area contributed by atoms with Crippen LogP contribution in [0.5, 0.6) is 0 Å². The van der Waals surface area contributed by atoms with E-state index in [0.717, 1.165) is 0 Å². The summed E-state index contributed by atoms with van der Waals surface area (Å²) in [5.41, 5.74) is 10.8. The number of rotatable bonds is 13. The first kappa shape index (κ1) is 24.8. The molecular weight excluding hydrogens is 354 g/mol. The zero-order chi connectivity index (χ0) is 21.0. The predicted octanol–water partition coefficient (Wildman–Crippen LogP) is -1.89. The highest BCUT2D eigenvalue weighted by molar-refractivity contribution is 5.93. The van der Waals surface area contributed by atoms with E-state index in [-0.39, 0.29) is 5.92 Å². The van der Waals surface area contributed by atoms with Crippen LogP contribution in [-0.2, 0) is 19.2 Å². The molecule has 0 aromatic rings. The molecule has 0 unspecified atom stereocenters. The molecule has 10 heteroatoms. The fraction of sp³-hybridized carbons (Fsp3) is 0.765. The van der Waals surface area contributed by atoms with Crippen molar-refractivity contribution in [1.29, 1.82) is 0 Å². The third kappa shape index (κ3) is 10.5. The number of hydrogen-bond acceptors (Lipinski definition) is 6. The number of nitrogens with two attached hydrogens (primary N) is 2. The third-order valence-electron chi connectivity index (χ3n) is 3.82. The standard InChI is InChI=1S/C17H33N5O5/c1-10(2)8-13(15(19)25)22-16(26)12(6-4-5-7-18)21-17(27)14(9-23)20-11(3)24/h10,12-14,23H,4-9,18H2,1-3H3,(H2,19,25)(H,20,24)(H,21,27)(H,22,26)/t12-,13+,14-/m0/s1. The quantitative estimate of drug-likeness (QED) is 0.201. The van der Waals surface area contributed by atoms with E-state index in [4.69, 9.17) is 11.5 Å². The molecule has 0 spiro atoms. The van der Waals surface area contributed by atoms with Crippen LogP contribution < -0.4 is 27.4 Å². The minimum atomic E-state index is -1.17. The van der Waals surface area contributed by atoms with Crippen molar-refractivity contribution in [3.63, 3.8) is 0 Å². The molecule has 156 valence electrons. The van der Waals surface area contributed by atoms with Crippen LogP contribution in [-0.4, -0.2) is 60.0 Å². The van der Waals surface area contributed by atoms with Gasteiger partial charge in [0, 0.05) is 6.92 Å². The minimum Gasteiger partial charge on any atom is -0.394 e. The van der Waals surface area contributed by atoms with E-state index in [2.05, 4.69) is 16.0 Å². The van der Waals surface area contributed by atoms with E-state index in [1.165, 1.54) is 6.92 Å². The summed E-state index contributed by atoms with van der Waals surface area (Å²) in [6.45, 7) is 4.82. The van der Waals surface area contributed by atoms with Crippen LogP contribution >= 0.6 is 0 Å². The zero-order valence-electron chi connectivity index (χ0n) is 16.3. The Hall–Kier alpha value is -2.20. The average molecular weight is 387 g/mol. The Labute approximate surface area is 159 Å². The molecule has 10 nitrogen and oxygen atoms in total. The molecule has 0 bridgehead atoms. The topological polar surface area (TPSA) is 177 Å². The number of aliphatic hydroxyl groups excluding tert-OH is 1. The van der Waals surface area contributed by atoms with Crippen molar-refractivity contribution < 1.29 is 24.3 Å². The normalized spacial score (nSPS) is 14.1. The van der Waals surface area contributed by atoms with Gasteiger partial charge in [0.15, 0.2) is 0 Å². The number of nitrogens with one attached hydrogen (secondary N) is 3. The van der Waals surface area contributed by atoms with Gasteiger partial charge in [0.1, 0.15) is 18.1 Å². The number of hydrogen-bond donors (Lipinski definition) is 6. The number of amides is 4. The summed E-state index contributed by atoms with van der Waals surface area (Å²) in [7, 11) is 0. The van der Waals surface area contributed by atoms with Gasteiger partial charge < -0.3 is 32.5 Å². The molecule has 4 amide bonds. The highest BCUT2D eigenvalue weighted by Crippen LogP contribution is 2.07. The summed E-state index contributed by atoms with van der Waals surface area (Å²) < 4.78 is 0. The Morgan fingerprint density at radius 2 is 1.48 bits per heavy atom. The van der Waals surface area contributed by atoms with Gasteiger partial charge in [-0.2, -0.15) is 0 Å². The van der Waals surface area contributed by atoms with Crippen LogP contribution in [0.25, 0.3) is 0 Å². The first-order valence-corrected chi connectivity index (χ1v) is 9.10. The van der Waals surface area contributed by atoms with Crippen LogP contribution in [0, 0.1) is 5.92 Å². The number of carbonyl (C=O) groups is 4. The largest absolute Gasteiger partial charge is 0.394 e. The monoisotopic (exact) mass is 387 g/mol. The van der Waals surface area contributed by atoms with Crippen LogP contribution in [0.2, 0.25) is 0 Å². The van der Waals surface area contributed by atoms with Crippen molar-refractivity contribution in [2.45, 2.75) is 64.6 Å². The molecule has 0 rings (SSSR count). The second kappa shape index (κ2) is 13.0. The van der Waals surface area contributed by atoms with Gasteiger partial charge in [-0.1, -0.05) is 13.8 Å². The maximum absolute atomic E-state index is 12.6. The lowest BCUT2D eigenvalue weighted by Gasteiger charge is -2.24. The highest BCUT2D eigenvalue weighted by atomic mass is 16.3.